The standard InChI is InChI=1S/C14H12F3NO3/c1-21-11-5-4-10(12(6-11)14(15,16)17)3-2-9-7-18(8-9)13(19)20/h4-6,9H,7-8H2,1H3,(H,19,20). The van der Waals surface area contributed by atoms with Crippen LogP contribution in [0.3, 0.4) is 0 Å². The number of alkyl halides is 3. The average molecular weight is 299 g/mol. The summed E-state index contributed by atoms with van der Waals surface area (Å²) in [6.07, 6.45) is -5.57. The number of nitrogens with zero attached hydrogens (tertiary/aromatic N) is 1. The Morgan fingerprint density at radius 2 is 2.10 bits per heavy atom. The Labute approximate surface area is 119 Å². The van der Waals surface area contributed by atoms with Crippen LogP contribution >= 0.6 is 0 Å². The first kappa shape index (κ1) is 15.0. The molecule has 1 amide bonds. The van der Waals surface area contributed by atoms with Gasteiger partial charge in [-0.15, -0.1) is 0 Å². The maximum Gasteiger partial charge on any atom is 0.417 e. The maximum absolute atomic E-state index is 12.9. The number of carboxylic acid groups (broad SMARTS) is 1. The minimum absolute atomic E-state index is 0.105. The first-order valence-electron chi connectivity index (χ1n) is 6.06. The zero-order chi connectivity index (χ0) is 15.6. The monoisotopic (exact) mass is 299 g/mol. The van der Waals surface area contributed by atoms with Gasteiger partial charge in [-0.3, -0.25) is 0 Å². The Bertz CT molecular complexity index is 610. The van der Waals surface area contributed by atoms with E-state index in [2.05, 4.69) is 11.8 Å². The molecule has 0 spiro atoms. The van der Waals surface area contributed by atoms with Crippen LogP contribution in [0.15, 0.2) is 18.2 Å². The molecule has 0 unspecified atom stereocenters. The molecule has 7 heteroatoms. The fourth-order valence-corrected chi connectivity index (χ4v) is 1.90. The van der Waals surface area contributed by atoms with Gasteiger partial charge in [0.1, 0.15) is 5.75 Å². The largest absolute Gasteiger partial charge is 0.497 e. The molecule has 21 heavy (non-hydrogen) atoms. The summed E-state index contributed by atoms with van der Waals surface area (Å²) >= 11 is 0. The van der Waals surface area contributed by atoms with Crippen molar-refractivity contribution in [3.8, 4) is 17.6 Å². The van der Waals surface area contributed by atoms with E-state index in [0.717, 1.165) is 11.0 Å². The molecule has 0 radical (unpaired) electrons. The number of amides is 1. The third kappa shape index (κ3) is 3.40. The predicted octanol–water partition coefficient (Wildman–Crippen LogP) is 2.68. The van der Waals surface area contributed by atoms with E-state index < -0.39 is 17.8 Å². The van der Waals surface area contributed by atoms with Crippen molar-refractivity contribution in [3.63, 3.8) is 0 Å². The second kappa shape index (κ2) is 5.56. The summed E-state index contributed by atoms with van der Waals surface area (Å²) in [5.41, 5.74) is -0.999. The third-order valence-corrected chi connectivity index (χ3v) is 3.10. The topological polar surface area (TPSA) is 49.8 Å². The van der Waals surface area contributed by atoms with Crippen molar-refractivity contribution < 1.29 is 27.8 Å². The highest BCUT2D eigenvalue weighted by Crippen LogP contribution is 2.34. The number of halogens is 3. The summed E-state index contributed by atoms with van der Waals surface area (Å²) in [4.78, 5) is 11.7. The first-order valence-corrected chi connectivity index (χ1v) is 6.06. The summed E-state index contributed by atoms with van der Waals surface area (Å²) < 4.78 is 43.6. The van der Waals surface area contributed by atoms with Gasteiger partial charge < -0.3 is 14.7 Å². The summed E-state index contributed by atoms with van der Waals surface area (Å²) in [6.45, 7) is 0.444. The van der Waals surface area contributed by atoms with Gasteiger partial charge in [-0.25, -0.2) is 4.79 Å². The van der Waals surface area contributed by atoms with E-state index in [1.165, 1.54) is 19.2 Å². The number of ether oxygens (including phenoxy) is 1. The third-order valence-electron chi connectivity index (χ3n) is 3.10. The van der Waals surface area contributed by atoms with Crippen LogP contribution in [0.1, 0.15) is 11.1 Å². The molecule has 1 aromatic rings. The summed E-state index contributed by atoms with van der Waals surface area (Å²) in [5, 5.41) is 8.66. The van der Waals surface area contributed by atoms with Crippen LogP contribution in [0.2, 0.25) is 0 Å². The highest BCUT2D eigenvalue weighted by molar-refractivity contribution is 5.66. The molecule has 0 aliphatic carbocycles. The smallest absolute Gasteiger partial charge is 0.417 e. The van der Waals surface area contributed by atoms with Gasteiger partial charge in [0.25, 0.3) is 0 Å². The molecule has 112 valence electrons. The van der Waals surface area contributed by atoms with E-state index in [9.17, 15) is 18.0 Å². The number of rotatable bonds is 1. The lowest BCUT2D eigenvalue weighted by Gasteiger charge is -2.33. The Hall–Kier alpha value is -2.36. The van der Waals surface area contributed by atoms with Crippen LogP contribution in [0.4, 0.5) is 18.0 Å². The molecule has 1 aliphatic heterocycles. The molecule has 2 rings (SSSR count). The van der Waals surface area contributed by atoms with E-state index in [0.29, 0.717) is 0 Å². The van der Waals surface area contributed by atoms with Gasteiger partial charge in [-0.2, -0.15) is 13.2 Å². The van der Waals surface area contributed by atoms with Crippen LogP contribution in [-0.4, -0.2) is 36.3 Å². The minimum atomic E-state index is -4.52. The van der Waals surface area contributed by atoms with Crippen molar-refractivity contribution in [2.45, 2.75) is 6.18 Å². The lowest BCUT2D eigenvalue weighted by atomic mass is 10.00. The zero-order valence-electron chi connectivity index (χ0n) is 11.1. The molecule has 1 saturated heterocycles. The van der Waals surface area contributed by atoms with Crippen molar-refractivity contribution in [3.05, 3.63) is 29.3 Å². The number of hydrogen-bond donors (Lipinski definition) is 1. The highest BCUT2D eigenvalue weighted by Gasteiger charge is 2.34. The van der Waals surface area contributed by atoms with Crippen molar-refractivity contribution in [1.82, 2.24) is 4.90 Å². The summed E-state index contributed by atoms with van der Waals surface area (Å²) in [7, 11) is 1.29. The van der Waals surface area contributed by atoms with Crippen LogP contribution in [0, 0.1) is 17.8 Å². The average Bonchev–Trinajstić information content (AvgIpc) is 2.35. The predicted molar refractivity (Wildman–Crippen MR) is 68.0 cm³/mol. The van der Waals surface area contributed by atoms with Crippen molar-refractivity contribution >= 4 is 6.09 Å². The van der Waals surface area contributed by atoms with Crippen LogP contribution in [0.5, 0.6) is 5.75 Å². The fourth-order valence-electron chi connectivity index (χ4n) is 1.90. The fraction of sp³-hybridized carbons (Fsp3) is 0.357. The molecule has 0 atom stereocenters. The van der Waals surface area contributed by atoms with Crippen molar-refractivity contribution in [2.24, 2.45) is 5.92 Å². The Morgan fingerprint density at radius 1 is 1.43 bits per heavy atom. The number of carbonyl (C=O) groups is 1. The lowest BCUT2D eigenvalue weighted by Crippen LogP contribution is -2.48. The molecule has 1 heterocycles. The van der Waals surface area contributed by atoms with Crippen LogP contribution < -0.4 is 4.74 Å². The molecule has 0 aromatic heterocycles. The van der Waals surface area contributed by atoms with E-state index in [-0.39, 0.29) is 30.3 Å². The number of likely N-dealkylation sites (tertiary alicyclic amines) is 1. The summed E-state index contributed by atoms with van der Waals surface area (Å²) in [6, 6.07) is 3.56. The molecule has 1 N–H and O–H groups in total. The maximum atomic E-state index is 12.9. The van der Waals surface area contributed by atoms with Gasteiger partial charge in [0.2, 0.25) is 0 Å². The second-order valence-electron chi connectivity index (χ2n) is 4.56. The van der Waals surface area contributed by atoms with Crippen molar-refractivity contribution in [2.75, 3.05) is 20.2 Å². The molecular formula is C14H12F3NO3. The normalized spacial score (nSPS) is 15.0. The quantitative estimate of drug-likeness (QED) is 0.811. The number of methoxy groups -OCH3 is 1. The summed E-state index contributed by atoms with van der Waals surface area (Å²) in [5.74, 6) is 5.03. The zero-order valence-corrected chi connectivity index (χ0v) is 11.1. The van der Waals surface area contributed by atoms with Gasteiger partial charge in [0.05, 0.1) is 18.6 Å². The van der Waals surface area contributed by atoms with Gasteiger partial charge >= 0.3 is 12.3 Å². The van der Waals surface area contributed by atoms with E-state index in [4.69, 9.17) is 9.84 Å². The van der Waals surface area contributed by atoms with Gasteiger partial charge in [0, 0.05) is 18.7 Å². The first-order chi connectivity index (χ1) is 9.81. The van der Waals surface area contributed by atoms with Gasteiger partial charge in [-0.05, 0) is 18.2 Å². The molecule has 1 aromatic carbocycles. The number of hydrogen-bond acceptors (Lipinski definition) is 2. The Morgan fingerprint density at radius 3 is 2.62 bits per heavy atom. The highest BCUT2D eigenvalue weighted by atomic mass is 19.4. The van der Waals surface area contributed by atoms with E-state index in [1.54, 1.807) is 0 Å². The molecule has 4 nitrogen and oxygen atoms in total. The van der Waals surface area contributed by atoms with Gasteiger partial charge in [-0.1, -0.05) is 11.8 Å². The molecule has 0 bridgehead atoms. The molecule has 0 saturated carbocycles. The Balaban J connectivity index is 2.20. The van der Waals surface area contributed by atoms with Crippen LogP contribution in [0.25, 0.3) is 0 Å². The number of benzene rings is 1. The minimum Gasteiger partial charge on any atom is -0.497 e. The molecule has 1 fully saturated rings. The second-order valence-corrected chi connectivity index (χ2v) is 4.56. The van der Waals surface area contributed by atoms with Crippen LogP contribution in [-0.2, 0) is 6.18 Å². The lowest BCUT2D eigenvalue weighted by molar-refractivity contribution is -0.137. The Kier molecular flexibility index (Phi) is 3.98. The SMILES string of the molecule is COc1ccc(C#CC2CN(C(=O)O)C2)c(C(F)(F)F)c1. The van der Waals surface area contributed by atoms with Gasteiger partial charge in [0.15, 0.2) is 0 Å². The van der Waals surface area contributed by atoms with E-state index in [1.807, 2.05) is 0 Å². The molecular weight excluding hydrogens is 287 g/mol. The van der Waals surface area contributed by atoms with E-state index >= 15 is 0 Å². The van der Waals surface area contributed by atoms with Crippen molar-refractivity contribution in [1.29, 1.82) is 0 Å². The molecule has 1 aliphatic rings.